The summed E-state index contributed by atoms with van der Waals surface area (Å²) in [6.07, 6.45) is -0.803. The summed E-state index contributed by atoms with van der Waals surface area (Å²) in [4.78, 5) is 14.0. The number of benzene rings is 2. The number of nitrogens with zero attached hydrogens (tertiary/aromatic N) is 1. The topological polar surface area (TPSA) is 80.3 Å². The average molecular weight is 420 g/mol. The van der Waals surface area contributed by atoms with Crippen LogP contribution in [0, 0.1) is 5.82 Å². The first-order valence-electron chi connectivity index (χ1n) is 9.85. The van der Waals surface area contributed by atoms with Gasteiger partial charge in [-0.25, -0.2) is 4.39 Å². The fourth-order valence-electron chi connectivity index (χ4n) is 2.77. The molecule has 164 valence electrons. The molecule has 0 fully saturated rings. The van der Waals surface area contributed by atoms with Crippen LogP contribution in [0.1, 0.15) is 13.8 Å². The van der Waals surface area contributed by atoms with Gasteiger partial charge in [-0.05, 0) is 57.3 Å². The zero-order valence-corrected chi connectivity index (χ0v) is 17.6. The Morgan fingerprint density at radius 2 is 1.73 bits per heavy atom. The Morgan fingerprint density at radius 1 is 1.07 bits per heavy atom. The molecule has 2 N–H and O–H groups in total. The number of ether oxygens (including phenoxy) is 3. The molecule has 2 aromatic rings. The van der Waals surface area contributed by atoms with Crippen LogP contribution < -0.4 is 19.5 Å². The van der Waals surface area contributed by atoms with Gasteiger partial charge < -0.3 is 24.6 Å². The van der Waals surface area contributed by atoms with Gasteiger partial charge in [0.1, 0.15) is 24.3 Å². The second-order valence-corrected chi connectivity index (χ2v) is 6.69. The summed E-state index contributed by atoms with van der Waals surface area (Å²) in [5, 5.41) is 12.9. The summed E-state index contributed by atoms with van der Waals surface area (Å²) in [6, 6.07) is 10.8. The minimum Gasteiger partial charge on any atom is -0.491 e. The highest BCUT2D eigenvalue weighted by Gasteiger charge is 2.14. The largest absolute Gasteiger partial charge is 0.491 e. The van der Waals surface area contributed by atoms with Crippen LogP contribution in [0.25, 0.3) is 0 Å². The molecule has 0 heterocycles. The fourth-order valence-corrected chi connectivity index (χ4v) is 2.77. The van der Waals surface area contributed by atoms with E-state index in [2.05, 4.69) is 5.32 Å². The molecule has 0 radical (unpaired) electrons. The first-order valence-corrected chi connectivity index (χ1v) is 9.85. The molecule has 30 heavy (non-hydrogen) atoms. The van der Waals surface area contributed by atoms with Crippen molar-refractivity contribution in [3.05, 3.63) is 48.3 Å². The van der Waals surface area contributed by atoms with Crippen molar-refractivity contribution in [3.63, 3.8) is 0 Å². The van der Waals surface area contributed by atoms with Crippen molar-refractivity contribution in [1.29, 1.82) is 0 Å². The van der Waals surface area contributed by atoms with Crippen molar-refractivity contribution in [2.24, 2.45) is 0 Å². The van der Waals surface area contributed by atoms with Gasteiger partial charge in [0, 0.05) is 18.3 Å². The van der Waals surface area contributed by atoms with E-state index in [-0.39, 0.29) is 31.4 Å². The van der Waals surface area contributed by atoms with Gasteiger partial charge in [-0.3, -0.25) is 9.69 Å². The number of aliphatic hydroxyl groups excluding tert-OH is 1. The molecular formula is C22H29FN2O5. The zero-order valence-electron chi connectivity index (χ0n) is 17.6. The lowest BCUT2D eigenvalue weighted by Crippen LogP contribution is -2.37. The maximum atomic E-state index is 12.9. The minimum absolute atomic E-state index is 0.0359. The maximum absolute atomic E-state index is 12.9. The van der Waals surface area contributed by atoms with Gasteiger partial charge >= 0.3 is 0 Å². The summed E-state index contributed by atoms with van der Waals surface area (Å²) >= 11 is 0. The van der Waals surface area contributed by atoms with E-state index in [0.29, 0.717) is 36.1 Å². The molecule has 0 aliphatic heterocycles. The Balaban J connectivity index is 1.80. The van der Waals surface area contributed by atoms with Crippen LogP contribution >= 0.6 is 0 Å². The molecule has 8 heteroatoms. The molecule has 0 bridgehead atoms. The predicted molar refractivity (Wildman–Crippen MR) is 113 cm³/mol. The van der Waals surface area contributed by atoms with Gasteiger partial charge in [0.15, 0.2) is 11.5 Å². The number of anilines is 1. The van der Waals surface area contributed by atoms with E-state index in [4.69, 9.17) is 14.2 Å². The molecule has 2 rings (SSSR count). The Bertz CT molecular complexity index is 801. The van der Waals surface area contributed by atoms with E-state index < -0.39 is 6.10 Å². The van der Waals surface area contributed by atoms with Crippen LogP contribution in [0.5, 0.6) is 17.2 Å². The highest BCUT2D eigenvalue weighted by atomic mass is 19.1. The van der Waals surface area contributed by atoms with Crippen LogP contribution in [-0.2, 0) is 4.79 Å². The number of hydrogen-bond acceptors (Lipinski definition) is 6. The van der Waals surface area contributed by atoms with Gasteiger partial charge in [0.2, 0.25) is 5.91 Å². The highest BCUT2D eigenvalue weighted by Crippen LogP contribution is 2.30. The molecule has 1 unspecified atom stereocenters. The van der Waals surface area contributed by atoms with Gasteiger partial charge in [-0.1, -0.05) is 0 Å². The second kappa shape index (κ2) is 12.0. The van der Waals surface area contributed by atoms with Gasteiger partial charge in [0.25, 0.3) is 0 Å². The molecule has 7 nitrogen and oxygen atoms in total. The van der Waals surface area contributed by atoms with E-state index in [9.17, 15) is 14.3 Å². The molecule has 2 aromatic carbocycles. The molecule has 1 atom stereocenters. The molecule has 0 aliphatic carbocycles. The lowest BCUT2D eigenvalue weighted by molar-refractivity contribution is -0.117. The summed E-state index contributed by atoms with van der Waals surface area (Å²) in [5.41, 5.74) is 0.598. The van der Waals surface area contributed by atoms with Crippen LogP contribution in [0.15, 0.2) is 42.5 Å². The van der Waals surface area contributed by atoms with E-state index in [1.165, 1.54) is 24.3 Å². The Labute approximate surface area is 176 Å². The van der Waals surface area contributed by atoms with Crippen LogP contribution in [0.2, 0.25) is 0 Å². The normalized spacial score (nSPS) is 11.8. The van der Waals surface area contributed by atoms with Crippen LogP contribution in [-0.4, -0.2) is 62.0 Å². The lowest BCUT2D eigenvalue weighted by atomic mass is 10.2. The zero-order chi connectivity index (χ0) is 21.9. The van der Waals surface area contributed by atoms with Gasteiger partial charge in [-0.15, -0.1) is 0 Å². The first kappa shape index (κ1) is 23.4. The van der Waals surface area contributed by atoms with E-state index in [0.717, 1.165) is 0 Å². The van der Waals surface area contributed by atoms with Crippen molar-refractivity contribution in [3.8, 4) is 17.2 Å². The van der Waals surface area contributed by atoms with E-state index in [1.807, 2.05) is 13.8 Å². The quantitative estimate of drug-likeness (QED) is 0.550. The third-order valence-electron chi connectivity index (χ3n) is 4.02. The molecular weight excluding hydrogens is 391 g/mol. The first-order chi connectivity index (χ1) is 14.4. The number of aliphatic hydroxyl groups is 1. The highest BCUT2D eigenvalue weighted by molar-refractivity contribution is 5.92. The van der Waals surface area contributed by atoms with Gasteiger partial charge in [-0.2, -0.15) is 0 Å². The van der Waals surface area contributed by atoms with Crippen molar-refractivity contribution in [2.45, 2.75) is 20.0 Å². The second-order valence-electron chi connectivity index (χ2n) is 6.69. The number of amides is 1. The monoisotopic (exact) mass is 420 g/mol. The van der Waals surface area contributed by atoms with E-state index in [1.54, 1.807) is 30.1 Å². The third kappa shape index (κ3) is 7.88. The SMILES string of the molecule is CCOc1ccc(NC(=O)CN(C)CC(O)COc2ccc(F)cc2)cc1OCC. The maximum Gasteiger partial charge on any atom is 0.238 e. The van der Waals surface area contributed by atoms with Crippen molar-refractivity contribution < 1.29 is 28.5 Å². The van der Waals surface area contributed by atoms with E-state index >= 15 is 0 Å². The summed E-state index contributed by atoms with van der Waals surface area (Å²) in [5.74, 6) is 1.08. The van der Waals surface area contributed by atoms with Crippen molar-refractivity contribution in [1.82, 2.24) is 4.90 Å². The Hall–Kier alpha value is -2.84. The minimum atomic E-state index is -0.803. The number of rotatable bonds is 12. The number of hydrogen-bond donors (Lipinski definition) is 2. The third-order valence-corrected chi connectivity index (χ3v) is 4.02. The van der Waals surface area contributed by atoms with Crippen molar-refractivity contribution in [2.75, 3.05) is 45.3 Å². The van der Waals surface area contributed by atoms with Crippen LogP contribution in [0.3, 0.4) is 0 Å². The number of likely N-dealkylation sites (N-methyl/N-ethyl adjacent to an activating group) is 1. The summed E-state index contributed by atoms with van der Waals surface area (Å²) < 4.78 is 29.4. The van der Waals surface area contributed by atoms with Crippen molar-refractivity contribution >= 4 is 11.6 Å². The number of carbonyl (C=O) groups is 1. The molecule has 0 aliphatic rings. The molecule has 0 saturated heterocycles. The van der Waals surface area contributed by atoms with Crippen LogP contribution in [0.4, 0.5) is 10.1 Å². The Kier molecular flexibility index (Phi) is 9.37. The number of carbonyl (C=O) groups excluding carboxylic acids is 1. The average Bonchev–Trinajstić information content (AvgIpc) is 2.69. The standard InChI is InChI=1S/C22H29FN2O5/c1-4-28-20-11-8-17(12-21(20)29-5-2)24-22(27)14-25(3)13-18(26)15-30-19-9-6-16(23)7-10-19/h6-12,18,26H,4-5,13-15H2,1-3H3,(H,24,27). The number of halogens is 1. The predicted octanol–water partition coefficient (Wildman–Crippen LogP) is 2.93. The summed E-state index contributed by atoms with van der Waals surface area (Å²) in [6.45, 7) is 5.13. The fraction of sp³-hybridized carbons (Fsp3) is 0.409. The molecule has 0 spiro atoms. The Morgan fingerprint density at radius 3 is 2.40 bits per heavy atom. The molecule has 1 amide bonds. The number of nitrogens with one attached hydrogen (secondary N) is 1. The molecule has 0 aromatic heterocycles. The lowest BCUT2D eigenvalue weighted by Gasteiger charge is -2.20. The summed E-state index contributed by atoms with van der Waals surface area (Å²) in [7, 11) is 1.73. The van der Waals surface area contributed by atoms with Gasteiger partial charge in [0.05, 0.1) is 19.8 Å². The smallest absolute Gasteiger partial charge is 0.238 e. The molecule has 0 saturated carbocycles.